The molecule has 2 saturated heterocycles. The minimum atomic E-state index is -5.08. The molecule has 0 aliphatic carbocycles. The first kappa shape index (κ1) is 35.5. The van der Waals surface area contributed by atoms with Gasteiger partial charge in [-0.05, 0) is 30.7 Å². The fraction of sp³-hybridized carbons (Fsp3) is 0.577. The van der Waals surface area contributed by atoms with Crippen LogP contribution in [-0.2, 0) is 39.2 Å². The number of carboxylic acids is 2. The predicted octanol–water partition coefficient (Wildman–Crippen LogP) is 3.01. The minimum Gasteiger partial charge on any atom is -0.475 e. The van der Waals surface area contributed by atoms with E-state index in [1.807, 2.05) is 42.5 Å². The summed E-state index contributed by atoms with van der Waals surface area (Å²) in [6.45, 7) is 8.35. The summed E-state index contributed by atoms with van der Waals surface area (Å²) in [5.74, 6) is -4.88. The third-order valence-electron chi connectivity index (χ3n) is 6.97. The molecule has 2 aromatic heterocycles. The van der Waals surface area contributed by atoms with E-state index in [0.29, 0.717) is 18.9 Å². The molecule has 2 atom stereocenters. The van der Waals surface area contributed by atoms with Gasteiger partial charge in [-0.25, -0.2) is 9.59 Å². The number of hydrogen-bond acceptors (Lipinski definition) is 7. The van der Waals surface area contributed by atoms with Gasteiger partial charge in [0.05, 0.1) is 25.3 Å². The summed E-state index contributed by atoms with van der Waals surface area (Å²) >= 11 is 0. The summed E-state index contributed by atoms with van der Waals surface area (Å²) in [6.07, 6.45) is -3.20. The van der Waals surface area contributed by atoms with Gasteiger partial charge >= 0.3 is 24.3 Å². The lowest BCUT2D eigenvalue weighted by atomic mass is 9.77. The molecule has 2 aromatic rings. The van der Waals surface area contributed by atoms with Crippen LogP contribution in [0.1, 0.15) is 24.6 Å². The van der Waals surface area contributed by atoms with Crippen molar-refractivity contribution >= 4 is 17.8 Å². The topological polar surface area (TPSA) is 138 Å². The molecular weight excluding hydrogens is 592 g/mol. The standard InChI is InChI=1S/C22H31N5O2.2C2HF3O2/c1-3-26-13-19(15-29-14-18-5-4-8-23-12-18)22(16-26)7-10-27(17-22)21(28)11-20-6-9-25(2)24-20;2*3-2(4,5)1(6)7/h4-6,8-9,12,19H,3,7,10-11,13-17H2,1-2H3;2*(H,6,7)/t19-,22+;;/m0../s1. The maximum Gasteiger partial charge on any atom is 0.490 e. The first-order valence-electron chi connectivity index (χ1n) is 13.0. The zero-order valence-corrected chi connectivity index (χ0v) is 23.4. The molecule has 2 N–H and O–H groups in total. The lowest BCUT2D eigenvalue weighted by Crippen LogP contribution is -2.38. The Balaban J connectivity index is 0.000000384. The number of aliphatic carboxylic acids is 2. The Kier molecular flexibility index (Phi) is 12.5. The lowest BCUT2D eigenvalue weighted by Gasteiger charge is -2.30. The number of rotatable bonds is 7. The van der Waals surface area contributed by atoms with Crippen molar-refractivity contribution in [1.29, 1.82) is 0 Å². The van der Waals surface area contributed by atoms with Gasteiger partial charge in [-0.3, -0.25) is 14.5 Å². The molecule has 2 fully saturated rings. The van der Waals surface area contributed by atoms with Crippen molar-refractivity contribution < 1.29 is 55.7 Å². The van der Waals surface area contributed by atoms with Crippen molar-refractivity contribution in [1.82, 2.24) is 24.6 Å². The summed E-state index contributed by atoms with van der Waals surface area (Å²) in [4.78, 5) is 39.3. The van der Waals surface area contributed by atoms with E-state index in [1.165, 1.54) is 0 Å². The lowest BCUT2D eigenvalue weighted by molar-refractivity contribution is -0.193. The number of aryl methyl sites for hydroxylation is 1. The van der Waals surface area contributed by atoms with Crippen molar-refractivity contribution in [3.63, 3.8) is 0 Å². The number of halogens is 6. The number of carbonyl (C=O) groups is 3. The smallest absolute Gasteiger partial charge is 0.475 e. The molecule has 0 aromatic carbocycles. The second-order valence-electron chi connectivity index (χ2n) is 10.1. The molecule has 1 spiro atoms. The molecule has 17 heteroatoms. The van der Waals surface area contributed by atoms with Crippen LogP contribution < -0.4 is 0 Å². The number of alkyl halides is 6. The summed E-state index contributed by atoms with van der Waals surface area (Å²) in [7, 11) is 1.88. The average Bonchev–Trinajstić information content (AvgIpc) is 3.63. The van der Waals surface area contributed by atoms with E-state index in [2.05, 4.69) is 21.9 Å². The fourth-order valence-electron chi connectivity index (χ4n) is 4.81. The van der Waals surface area contributed by atoms with Gasteiger partial charge in [-0.15, -0.1) is 0 Å². The van der Waals surface area contributed by atoms with Crippen LogP contribution in [0.4, 0.5) is 26.3 Å². The van der Waals surface area contributed by atoms with Gasteiger partial charge in [0.25, 0.3) is 0 Å². The number of ether oxygens (including phenoxy) is 1. The molecule has 4 rings (SSSR count). The second-order valence-corrected chi connectivity index (χ2v) is 10.1. The number of amides is 1. The molecular formula is C26H33F6N5O6. The van der Waals surface area contributed by atoms with Crippen LogP contribution in [0, 0.1) is 11.3 Å². The Bertz CT molecular complexity index is 1190. The summed E-state index contributed by atoms with van der Waals surface area (Å²) in [6, 6.07) is 5.91. The Morgan fingerprint density at radius 3 is 2.19 bits per heavy atom. The van der Waals surface area contributed by atoms with E-state index in [9.17, 15) is 31.1 Å². The highest BCUT2D eigenvalue weighted by Crippen LogP contribution is 2.44. The molecule has 0 saturated carbocycles. The summed E-state index contributed by atoms with van der Waals surface area (Å²) < 4.78 is 71.3. The SMILES string of the molecule is CCN1C[C@@H](COCc2cccnc2)[C@]2(CCN(C(=O)Cc3ccn(C)n3)C2)C1.O=C(O)C(F)(F)F.O=C(O)C(F)(F)F. The average molecular weight is 626 g/mol. The normalized spacial score (nSPS) is 20.3. The zero-order valence-electron chi connectivity index (χ0n) is 23.4. The van der Waals surface area contributed by atoms with E-state index in [-0.39, 0.29) is 11.3 Å². The van der Waals surface area contributed by atoms with E-state index in [4.69, 9.17) is 24.5 Å². The number of nitrogens with zero attached hydrogens (tertiary/aromatic N) is 5. The Hall–Kier alpha value is -3.73. The maximum atomic E-state index is 12.8. The zero-order chi connectivity index (χ0) is 32.4. The van der Waals surface area contributed by atoms with Crippen molar-refractivity contribution in [2.24, 2.45) is 18.4 Å². The highest BCUT2D eigenvalue weighted by Gasteiger charge is 2.50. The van der Waals surface area contributed by atoms with Crippen LogP contribution in [0.25, 0.3) is 0 Å². The minimum absolute atomic E-state index is 0.144. The highest BCUT2D eigenvalue weighted by molar-refractivity contribution is 5.78. The van der Waals surface area contributed by atoms with Gasteiger partial charge in [-0.2, -0.15) is 31.4 Å². The van der Waals surface area contributed by atoms with Crippen molar-refractivity contribution in [2.75, 3.05) is 39.3 Å². The first-order valence-corrected chi connectivity index (χ1v) is 13.0. The summed E-state index contributed by atoms with van der Waals surface area (Å²) in [5.41, 5.74) is 2.09. The molecule has 0 bridgehead atoms. The van der Waals surface area contributed by atoms with Crippen molar-refractivity contribution in [2.45, 2.75) is 38.7 Å². The van der Waals surface area contributed by atoms with E-state index in [1.54, 1.807) is 10.9 Å². The molecule has 11 nitrogen and oxygen atoms in total. The van der Waals surface area contributed by atoms with Gasteiger partial charge in [0.1, 0.15) is 0 Å². The van der Waals surface area contributed by atoms with Crippen LogP contribution in [-0.4, -0.2) is 104 Å². The summed E-state index contributed by atoms with van der Waals surface area (Å²) in [5, 5.41) is 18.6. The predicted molar refractivity (Wildman–Crippen MR) is 137 cm³/mol. The van der Waals surface area contributed by atoms with Crippen molar-refractivity contribution in [3.05, 3.63) is 48.0 Å². The number of hydrogen-bond donors (Lipinski definition) is 2. The Morgan fingerprint density at radius 1 is 1.07 bits per heavy atom. The third kappa shape index (κ3) is 11.1. The van der Waals surface area contributed by atoms with Crippen LogP contribution in [0.5, 0.6) is 0 Å². The van der Waals surface area contributed by atoms with Crippen LogP contribution >= 0.6 is 0 Å². The molecule has 2 aliphatic rings. The monoisotopic (exact) mass is 625 g/mol. The fourth-order valence-corrected chi connectivity index (χ4v) is 4.81. The molecule has 2 aliphatic heterocycles. The maximum absolute atomic E-state index is 12.8. The second kappa shape index (κ2) is 15.1. The van der Waals surface area contributed by atoms with E-state index in [0.717, 1.165) is 57.0 Å². The molecule has 0 radical (unpaired) electrons. The van der Waals surface area contributed by atoms with E-state index < -0.39 is 24.3 Å². The van der Waals surface area contributed by atoms with Crippen LogP contribution in [0.15, 0.2) is 36.8 Å². The Morgan fingerprint density at radius 2 is 1.70 bits per heavy atom. The number of carbonyl (C=O) groups excluding carboxylic acids is 1. The molecule has 0 unspecified atom stereocenters. The molecule has 4 heterocycles. The van der Waals surface area contributed by atoms with Gasteiger partial charge < -0.3 is 24.7 Å². The van der Waals surface area contributed by atoms with E-state index >= 15 is 0 Å². The van der Waals surface area contributed by atoms with Gasteiger partial charge in [0.2, 0.25) is 5.91 Å². The number of carboxylic acid groups (broad SMARTS) is 2. The third-order valence-corrected chi connectivity index (χ3v) is 6.97. The van der Waals surface area contributed by atoms with Crippen LogP contribution in [0.2, 0.25) is 0 Å². The van der Waals surface area contributed by atoms with Gasteiger partial charge in [0.15, 0.2) is 0 Å². The van der Waals surface area contributed by atoms with Crippen LogP contribution in [0.3, 0.4) is 0 Å². The number of pyridine rings is 1. The quantitative estimate of drug-likeness (QED) is 0.445. The Labute approximate surface area is 243 Å². The highest BCUT2D eigenvalue weighted by atomic mass is 19.4. The molecule has 240 valence electrons. The van der Waals surface area contributed by atoms with Gasteiger partial charge in [-0.1, -0.05) is 13.0 Å². The van der Waals surface area contributed by atoms with Crippen molar-refractivity contribution in [3.8, 4) is 0 Å². The first-order chi connectivity index (χ1) is 20.0. The molecule has 1 amide bonds. The number of aromatic nitrogens is 3. The molecule has 43 heavy (non-hydrogen) atoms. The largest absolute Gasteiger partial charge is 0.490 e. The number of likely N-dealkylation sites (tertiary alicyclic amines) is 2. The van der Waals surface area contributed by atoms with Gasteiger partial charge in [0, 0.05) is 63.2 Å².